The minimum absolute atomic E-state index is 0. The smallest absolute Gasteiger partial charge is 0.0778 e. The Balaban J connectivity index is 0.000000640. The van der Waals surface area contributed by atoms with E-state index in [0.29, 0.717) is 6.04 Å². The summed E-state index contributed by atoms with van der Waals surface area (Å²) in [6, 6.07) is 0.328. The standard InChI is InChI=1S/C6H9NS.ClH/c1-2-6-5-8-4-3-7-6;/h1,6-7H,3-5H2;1H. The Morgan fingerprint density at radius 1 is 1.67 bits per heavy atom. The molecule has 0 spiro atoms. The van der Waals surface area contributed by atoms with E-state index in [1.807, 2.05) is 11.8 Å². The molecule has 9 heavy (non-hydrogen) atoms. The van der Waals surface area contributed by atoms with Crippen LogP contribution in [-0.2, 0) is 0 Å². The lowest BCUT2D eigenvalue weighted by Gasteiger charge is -2.17. The molecule has 1 rings (SSSR count). The fourth-order valence-electron chi connectivity index (χ4n) is 0.672. The third-order valence-corrected chi connectivity index (χ3v) is 2.18. The van der Waals surface area contributed by atoms with Gasteiger partial charge in [-0.1, -0.05) is 5.92 Å². The number of hydrogen-bond donors (Lipinski definition) is 1. The Morgan fingerprint density at radius 2 is 2.44 bits per heavy atom. The first-order valence-corrected chi connectivity index (χ1v) is 3.86. The van der Waals surface area contributed by atoms with Crippen molar-refractivity contribution in [3.8, 4) is 12.3 Å². The van der Waals surface area contributed by atoms with Gasteiger partial charge in [0.2, 0.25) is 0 Å². The molecule has 0 saturated carbocycles. The molecular formula is C6H10ClNS. The first-order chi connectivity index (χ1) is 3.93. The summed E-state index contributed by atoms with van der Waals surface area (Å²) in [5.41, 5.74) is 0. The van der Waals surface area contributed by atoms with Gasteiger partial charge >= 0.3 is 0 Å². The maximum atomic E-state index is 5.18. The molecule has 1 nitrogen and oxygen atoms in total. The predicted octanol–water partition coefficient (Wildman–Crippen LogP) is 0.746. The first kappa shape index (κ1) is 9.16. The van der Waals surface area contributed by atoms with Gasteiger partial charge in [-0.3, -0.25) is 0 Å². The maximum Gasteiger partial charge on any atom is 0.0778 e. The quantitative estimate of drug-likeness (QED) is 0.529. The topological polar surface area (TPSA) is 12.0 Å². The molecule has 0 aromatic heterocycles. The van der Waals surface area contributed by atoms with Gasteiger partial charge in [0.1, 0.15) is 0 Å². The van der Waals surface area contributed by atoms with Crippen LogP contribution in [0.2, 0.25) is 0 Å². The number of nitrogens with one attached hydrogen (secondary N) is 1. The molecule has 1 fully saturated rings. The summed E-state index contributed by atoms with van der Waals surface area (Å²) < 4.78 is 0. The second-order valence-electron chi connectivity index (χ2n) is 1.75. The van der Waals surface area contributed by atoms with Crippen LogP contribution in [0.3, 0.4) is 0 Å². The van der Waals surface area contributed by atoms with Crippen molar-refractivity contribution in [2.24, 2.45) is 0 Å². The zero-order valence-corrected chi connectivity index (χ0v) is 6.73. The molecule has 1 aliphatic heterocycles. The molecular weight excluding hydrogens is 154 g/mol. The van der Waals surface area contributed by atoms with E-state index in [1.165, 1.54) is 5.75 Å². The zero-order valence-electron chi connectivity index (χ0n) is 5.09. The lowest BCUT2D eigenvalue weighted by Crippen LogP contribution is -2.35. The fourth-order valence-corrected chi connectivity index (χ4v) is 1.55. The monoisotopic (exact) mass is 163 g/mol. The third-order valence-electron chi connectivity index (χ3n) is 1.12. The van der Waals surface area contributed by atoms with Crippen LogP contribution in [0.25, 0.3) is 0 Å². The first-order valence-electron chi connectivity index (χ1n) is 2.71. The largest absolute Gasteiger partial charge is 0.302 e. The van der Waals surface area contributed by atoms with Crippen molar-refractivity contribution < 1.29 is 0 Å². The van der Waals surface area contributed by atoms with Gasteiger partial charge < -0.3 is 5.32 Å². The maximum absolute atomic E-state index is 5.18. The van der Waals surface area contributed by atoms with Gasteiger partial charge in [-0.05, 0) is 0 Å². The SMILES string of the molecule is C#CC1CSCCN1.Cl. The molecule has 1 atom stereocenters. The Kier molecular flexibility index (Phi) is 5.07. The molecule has 3 heteroatoms. The lowest BCUT2D eigenvalue weighted by atomic mass is 10.3. The normalized spacial score (nSPS) is 25.9. The average molecular weight is 164 g/mol. The zero-order chi connectivity index (χ0) is 5.82. The van der Waals surface area contributed by atoms with E-state index in [4.69, 9.17) is 6.42 Å². The van der Waals surface area contributed by atoms with E-state index in [-0.39, 0.29) is 12.4 Å². The van der Waals surface area contributed by atoms with Crippen molar-refractivity contribution in [1.82, 2.24) is 5.32 Å². The van der Waals surface area contributed by atoms with E-state index in [2.05, 4.69) is 11.2 Å². The summed E-state index contributed by atoms with van der Waals surface area (Å²) in [4.78, 5) is 0. The van der Waals surface area contributed by atoms with E-state index < -0.39 is 0 Å². The van der Waals surface area contributed by atoms with E-state index in [9.17, 15) is 0 Å². The highest BCUT2D eigenvalue weighted by atomic mass is 35.5. The van der Waals surface area contributed by atoms with Crippen molar-refractivity contribution in [2.45, 2.75) is 6.04 Å². The van der Waals surface area contributed by atoms with Crippen LogP contribution in [-0.4, -0.2) is 24.1 Å². The van der Waals surface area contributed by atoms with Gasteiger partial charge in [-0.15, -0.1) is 18.8 Å². The highest BCUT2D eigenvalue weighted by molar-refractivity contribution is 7.99. The molecule has 0 aromatic rings. The van der Waals surface area contributed by atoms with Crippen LogP contribution in [0.1, 0.15) is 0 Å². The van der Waals surface area contributed by atoms with Crippen LogP contribution in [0.15, 0.2) is 0 Å². The molecule has 0 amide bonds. The van der Waals surface area contributed by atoms with Crippen molar-refractivity contribution in [2.75, 3.05) is 18.1 Å². The number of halogens is 1. The van der Waals surface area contributed by atoms with Crippen LogP contribution in [0, 0.1) is 12.3 Å². The number of terminal acetylenes is 1. The molecule has 0 aromatic carbocycles. The van der Waals surface area contributed by atoms with Crippen LogP contribution >= 0.6 is 24.2 Å². The van der Waals surface area contributed by atoms with Gasteiger partial charge in [0.05, 0.1) is 6.04 Å². The third kappa shape index (κ3) is 3.00. The minimum atomic E-state index is 0. The van der Waals surface area contributed by atoms with Crippen molar-refractivity contribution in [3.05, 3.63) is 0 Å². The lowest BCUT2D eigenvalue weighted by molar-refractivity contribution is 0.672. The Bertz CT molecular complexity index is 104. The summed E-state index contributed by atoms with van der Waals surface area (Å²) in [5, 5.41) is 3.21. The summed E-state index contributed by atoms with van der Waals surface area (Å²) in [6.07, 6.45) is 5.18. The average Bonchev–Trinajstić information content (AvgIpc) is 1.90. The molecule has 0 radical (unpaired) electrons. The Morgan fingerprint density at radius 3 is 2.78 bits per heavy atom. The molecule has 0 aliphatic carbocycles. The summed E-state index contributed by atoms with van der Waals surface area (Å²) in [6.45, 7) is 1.07. The van der Waals surface area contributed by atoms with Crippen LogP contribution in [0.4, 0.5) is 0 Å². The Labute approximate surface area is 66.4 Å². The molecule has 1 heterocycles. The van der Waals surface area contributed by atoms with Gasteiger partial charge in [0.15, 0.2) is 0 Å². The van der Waals surface area contributed by atoms with E-state index >= 15 is 0 Å². The molecule has 1 saturated heterocycles. The van der Waals surface area contributed by atoms with Crippen molar-refractivity contribution >= 4 is 24.2 Å². The number of thioether (sulfide) groups is 1. The van der Waals surface area contributed by atoms with E-state index in [0.717, 1.165) is 12.3 Å². The molecule has 1 N–H and O–H groups in total. The molecule has 1 aliphatic rings. The summed E-state index contributed by atoms with van der Waals surface area (Å²) in [7, 11) is 0. The van der Waals surface area contributed by atoms with Crippen molar-refractivity contribution in [3.63, 3.8) is 0 Å². The minimum Gasteiger partial charge on any atom is -0.302 e. The van der Waals surface area contributed by atoms with Crippen LogP contribution < -0.4 is 5.32 Å². The molecule has 52 valence electrons. The second-order valence-corrected chi connectivity index (χ2v) is 2.90. The predicted molar refractivity (Wildman–Crippen MR) is 45.2 cm³/mol. The van der Waals surface area contributed by atoms with Crippen molar-refractivity contribution in [1.29, 1.82) is 0 Å². The van der Waals surface area contributed by atoms with E-state index in [1.54, 1.807) is 0 Å². The highest BCUT2D eigenvalue weighted by Crippen LogP contribution is 2.05. The molecule has 1 unspecified atom stereocenters. The van der Waals surface area contributed by atoms with Gasteiger partial charge in [0, 0.05) is 18.1 Å². The number of hydrogen-bond acceptors (Lipinski definition) is 2. The fraction of sp³-hybridized carbons (Fsp3) is 0.667. The molecule has 0 bridgehead atoms. The van der Waals surface area contributed by atoms with Crippen LogP contribution in [0.5, 0.6) is 0 Å². The summed E-state index contributed by atoms with van der Waals surface area (Å²) >= 11 is 1.92. The highest BCUT2D eigenvalue weighted by Gasteiger charge is 2.07. The summed E-state index contributed by atoms with van der Waals surface area (Å²) in [5.74, 6) is 4.96. The second kappa shape index (κ2) is 4.99. The van der Waals surface area contributed by atoms with Gasteiger partial charge in [-0.25, -0.2) is 0 Å². The van der Waals surface area contributed by atoms with Gasteiger partial charge in [0.25, 0.3) is 0 Å². The number of rotatable bonds is 0. The Hall–Kier alpha value is 0.160. The van der Waals surface area contributed by atoms with Gasteiger partial charge in [-0.2, -0.15) is 11.8 Å².